The molecule has 5 N–H and O–H groups in total. The van der Waals surface area contributed by atoms with Crippen molar-refractivity contribution >= 4 is 29.0 Å². The van der Waals surface area contributed by atoms with Crippen LogP contribution in [0.2, 0.25) is 0 Å². The molecule has 0 bridgehead atoms. The minimum atomic E-state index is -3.28. The van der Waals surface area contributed by atoms with Crippen LogP contribution in [0.1, 0.15) is 59.5 Å². The molecule has 2 unspecified atom stereocenters. The Morgan fingerprint density at radius 3 is 1.74 bits per heavy atom. The van der Waals surface area contributed by atoms with Crippen LogP contribution in [0, 0.1) is 5.41 Å². The fourth-order valence-corrected chi connectivity index (χ4v) is 3.71. The molecule has 0 saturated carbocycles. The van der Waals surface area contributed by atoms with E-state index >= 15 is 0 Å². The largest absolute Gasteiger partial charge is 0.771 e. The van der Waals surface area contributed by atoms with Gasteiger partial charge in [0.1, 0.15) is 34.1 Å². The molecular weight excluding hydrogens is 488 g/mol. The van der Waals surface area contributed by atoms with Crippen molar-refractivity contribution in [2.75, 3.05) is 6.79 Å². The average molecular weight is 511 g/mol. The number of hydrogen-bond acceptors (Lipinski definition) is 11. The Balaban J connectivity index is 2.61. The molecule has 0 saturated heterocycles. The maximum absolute atomic E-state index is 12.5. The van der Waals surface area contributed by atoms with Crippen LogP contribution in [-0.2, 0) is 30.1 Å². The van der Waals surface area contributed by atoms with Crippen LogP contribution in [0.4, 0.5) is 0 Å². The van der Waals surface area contributed by atoms with Gasteiger partial charge in [0.2, 0.25) is 6.79 Å². The van der Waals surface area contributed by atoms with Gasteiger partial charge in [0.15, 0.2) is 0 Å². The number of carbonyl (C=O) groups excluding carboxylic acids is 2. The molecule has 0 heterocycles. The standard InChI is InChI=1S/C22H24O12S/c1-21(2,3)20(30)34-9-33-19(29)13-6-11(24)8-15(17(13)26)22(4,35(31)32)14-7-10(23)5-12(16(14)25)18(27)28/h5-8,23-26H,9H2,1-4H3,(H,27,28)(H,31,32)/p-1. The Labute approximate surface area is 201 Å². The first kappa shape index (κ1) is 27.4. The molecule has 0 fully saturated rings. The monoisotopic (exact) mass is 511 g/mol. The van der Waals surface area contributed by atoms with Crippen molar-refractivity contribution in [1.82, 2.24) is 0 Å². The Hall–Kier alpha value is -3.84. The zero-order valence-electron chi connectivity index (χ0n) is 19.0. The molecule has 35 heavy (non-hydrogen) atoms. The smallest absolute Gasteiger partial charge is 0.344 e. The number of phenolic OH excluding ortho intramolecular Hbond substituents is 3. The first-order chi connectivity index (χ1) is 16.0. The minimum Gasteiger partial charge on any atom is -0.771 e. The van der Waals surface area contributed by atoms with Gasteiger partial charge >= 0.3 is 17.9 Å². The fourth-order valence-electron chi connectivity index (χ4n) is 3.04. The van der Waals surface area contributed by atoms with E-state index in [2.05, 4.69) is 0 Å². The van der Waals surface area contributed by atoms with Gasteiger partial charge in [-0.2, -0.15) is 0 Å². The topological polar surface area (TPSA) is 211 Å². The summed E-state index contributed by atoms with van der Waals surface area (Å²) in [7, 11) is 0. The maximum Gasteiger partial charge on any atom is 0.344 e. The van der Waals surface area contributed by atoms with E-state index in [4.69, 9.17) is 9.47 Å². The van der Waals surface area contributed by atoms with Crippen molar-refractivity contribution in [3.8, 4) is 23.0 Å². The van der Waals surface area contributed by atoms with E-state index in [1.807, 2.05) is 0 Å². The lowest BCUT2D eigenvalue weighted by Gasteiger charge is -2.34. The van der Waals surface area contributed by atoms with Gasteiger partial charge in [-0.15, -0.1) is 0 Å². The van der Waals surface area contributed by atoms with Crippen LogP contribution >= 0.6 is 0 Å². The summed E-state index contributed by atoms with van der Waals surface area (Å²) in [5.41, 5.74) is -3.77. The molecule has 0 radical (unpaired) electrons. The zero-order chi connectivity index (χ0) is 26.9. The Morgan fingerprint density at radius 1 is 0.857 bits per heavy atom. The Morgan fingerprint density at radius 2 is 1.31 bits per heavy atom. The summed E-state index contributed by atoms with van der Waals surface area (Å²) < 4.78 is 31.8. The summed E-state index contributed by atoms with van der Waals surface area (Å²) in [4.78, 5) is 35.7. The molecule has 0 aliphatic rings. The van der Waals surface area contributed by atoms with Gasteiger partial charge < -0.3 is 39.6 Å². The summed E-state index contributed by atoms with van der Waals surface area (Å²) in [5.74, 6) is -7.14. The predicted octanol–water partition coefficient (Wildman–Crippen LogP) is 2.05. The molecule has 0 aromatic heterocycles. The normalized spacial score (nSPS) is 14.0. The lowest BCUT2D eigenvalue weighted by molar-refractivity contribution is -0.161. The SMILES string of the molecule is CC(C)(C)C(=O)OCOC(=O)c1cc(O)cc(C(C)(c2cc(O)cc(C(=O)O)c2O)S(=O)[O-])c1O. The van der Waals surface area contributed by atoms with Crippen LogP contribution in [0.15, 0.2) is 24.3 Å². The van der Waals surface area contributed by atoms with Crippen molar-refractivity contribution in [2.24, 2.45) is 5.41 Å². The van der Waals surface area contributed by atoms with Crippen molar-refractivity contribution in [3.63, 3.8) is 0 Å². The summed E-state index contributed by atoms with van der Waals surface area (Å²) >= 11 is -3.28. The second-order valence-electron chi connectivity index (χ2n) is 8.58. The van der Waals surface area contributed by atoms with Gasteiger partial charge in [-0.05, 0) is 63.0 Å². The van der Waals surface area contributed by atoms with E-state index in [-0.39, 0.29) is 0 Å². The van der Waals surface area contributed by atoms with E-state index in [0.29, 0.717) is 6.07 Å². The lowest BCUT2D eigenvalue weighted by Crippen LogP contribution is -2.30. The van der Waals surface area contributed by atoms with E-state index in [9.17, 15) is 48.7 Å². The highest BCUT2D eigenvalue weighted by Gasteiger charge is 2.39. The lowest BCUT2D eigenvalue weighted by atomic mass is 9.87. The average Bonchev–Trinajstić information content (AvgIpc) is 2.74. The van der Waals surface area contributed by atoms with Gasteiger partial charge in [-0.25, -0.2) is 9.59 Å². The number of benzene rings is 2. The Bertz CT molecular complexity index is 1210. The van der Waals surface area contributed by atoms with E-state index in [1.54, 1.807) is 20.8 Å². The van der Waals surface area contributed by atoms with Crippen LogP contribution < -0.4 is 0 Å². The quantitative estimate of drug-likeness (QED) is 0.156. The van der Waals surface area contributed by atoms with Crippen molar-refractivity contribution < 1.29 is 58.2 Å². The first-order valence-corrected chi connectivity index (χ1v) is 10.9. The third-order valence-electron chi connectivity index (χ3n) is 4.99. The van der Waals surface area contributed by atoms with Crippen LogP contribution in [0.5, 0.6) is 23.0 Å². The highest BCUT2D eigenvalue weighted by atomic mass is 32.2. The number of esters is 2. The second-order valence-corrected chi connectivity index (χ2v) is 9.87. The van der Waals surface area contributed by atoms with Crippen LogP contribution in [0.3, 0.4) is 0 Å². The Kier molecular flexibility index (Phi) is 7.67. The number of phenols is 4. The van der Waals surface area contributed by atoms with Gasteiger partial charge in [0.25, 0.3) is 0 Å². The number of carboxylic acids is 1. The van der Waals surface area contributed by atoms with Gasteiger partial charge in [0, 0.05) is 11.1 Å². The molecule has 2 rings (SSSR count). The molecule has 0 spiro atoms. The summed E-state index contributed by atoms with van der Waals surface area (Å²) in [6, 6.07) is 2.96. The third-order valence-corrected chi connectivity index (χ3v) is 6.10. The number of aromatic carboxylic acids is 1. The maximum atomic E-state index is 12.5. The van der Waals surface area contributed by atoms with E-state index < -0.39 is 91.2 Å². The van der Waals surface area contributed by atoms with Crippen molar-refractivity contribution in [1.29, 1.82) is 0 Å². The van der Waals surface area contributed by atoms with Gasteiger partial charge in [0.05, 0.1) is 10.2 Å². The first-order valence-electron chi connectivity index (χ1n) is 9.81. The molecule has 12 nitrogen and oxygen atoms in total. The molecule has 0 amide bonds. The molecule has 2 atom stereocenters. The number of hydrogen-bond donors (Lipinski definition) is 5. The summed E-state index contributed by atoms with van der Waals surface area (Å²) in [6.07, 6.45) is 0. The molecular formula is C22H23O12S-. The highest BCUT2D eigenvalue weighted by Crippen LogP contribution is 2.47. The highest BCUT2D eigenvalue weighted by molar-refractivity contribution is 7.80. The molecule has 0 aliphatic heterocycles. The predicted molar refractivity (Wildman–Crippen MR) is 118 cm³/mol. The number of rotatable bonds is 7. The molecule has 190 valence electrons. The van der Waals surface area contributed by atoms with E-state index in [1.165, 1.54) is 0 Å². The van der Waals surface area contributed by atoms with Crippen molar-refractivity contribution in [2.45, 2.75) is 32.4 Å². The summed E-state index contributed by atoms with van der Waals surface area (Å²) in [5, 5.41) is 50.5. The second kappa shape index (κ2) is 9.80. The fraction of sp³-hybridized carbons (Fsp3) is 0.318. The van der Waals surface area contributed by atoms with Crippen LogP contribution in [-0.4, -0.2) is 59.0 Å². The number of aromatic hydroxyl groups is 4. The van der Waals surface area contributed by atoms with Gasteiger partial charge in [-0.1, -0.05) is 0 Å². The molecule has 2 aromatic carbocycles. The third kappa shape index (κ3) is 5.46. The molecule has 2 aromatic rings. The van der Waals surface area contributed by atoms with Gasteiger partial charge in [-0.3, -0.25) is 9.00 Å². The van der Waals surface area contributed by atoms with E-state index in [0.717, 1.165) is 25.1 Å². The summed E-state index contributed by atoms with van der Waals surface area (Å²) in [6.45, 7) is 4.76. The molecule has 0 aliphatic carbocycles. The minimum absolute atomic E-state index is 0.651. The number of carboxylic acid groups (broad SMARTS) is 1. The number of carbonyl (C=O) groups is 3. The molecule has 13 heteroatoms. The van der Waals surface area contributed by atoms with Crippen molar-refractivity contribution in [3.05, 3.63) is 46.5 Å². The van der Waals surface area contributed by atoms with Crippen LogP contribution in [0.25, 0.3) is 0 Å². The zero-order valence-corrected chi connectivity index (χ0v) is 19.8. The number of ether oxygens (including phenoxy) is 2.